The summed E-state index contributed by atoms with van der Waals surface area (Å²) >= 11 is 0. The van der Waals surface area contributed by atoms with Gasteiger partial charge in [0.05, 0.1) is 25.3 Å². The van der Waals surface area contributed by atoms with Crippen molar-refractivity contribution in [1.29, 1.82) is 0 Å². The van der Waals surface area contributed by atoms with Crippen LogP contribution in [0.4, 0.5) is 11.8 Å². The van der Waals surface area contributed by atoms with Gasteiger partial charge in [-0.3, -0.25) is 0 Å². The van der Waals surface area contributed by atoms with E-state index in [-0.39, 0.29) is 0 Å². The molecule has 0 radical (unpaired) electrons. The molecule has 1 aromatic heterocycles. The average molecular weight is 508 g/mol. The van der Waals surface area contributed by atoms with Crippen molar-refractivity contribution in [2.24, 2.45) is 0 Å². The van der Waals surface area contributed by atoms with E-state index >= 15 is 0 Å². The Kier molecular flexibility index (Phi) is 9.28. The SMILES string of the molecule is CCOc1cc(CN[C@H]2CC[C@@H](Nc3nc(N(C)C)c4ccccc4n3)CC2)cc(OCC)c1OCC. The van der Waals surface area contributed by atoms with Crippen LogP contribution in [0.3, 0.4) is 0 Å². The van der Waals surface area contributed by atoms with E-state index in [2.05, 4.69) is 28.8 Å². The highest BCUT2D eigenvalue weighted by atomic mass is 16.5. The van der Waals surface area contributed by atoms with Crippen LogP contribution in [0, 0.1) is 0 Å². The predicted octanol–water partition coefficient (Wildman–Crippen LogP) is 5.40. The van der Waals surface area contributed by atoms with E-state index in [0.29, 0.717) is 43.6 Å². The maximum Gasteiger partial charge on any atom is 0.225 e. The van der Waals surface area contributed by atoms with Crippen LogP contribution in [-0.2, 0) is 6.54 Å². The van der Waals surface area contributed by atoms with Crippen molar-refractivity contribution in [2.45, 2.75) is 65.1 Å². The normalized spacial score (nSPS) is 17.4. The van der Waals surface area contributed by atoms with Gasteiger partial charge in [-0.15, -0.1) is 0 Å². The molecule has 1 heterocycles. The third-order valence-corrected chi connectivity index (χ3v) is 6.63. The number of ether oxygens (including phenoxy) is 3. The summed E-state index contributed by atoms with van der Waals surface area (Å²) in [5, 5.41) is 8.41. The summed E-state index contributed by atoms with van der Waals surface area (Å²) in [6.45, 7) is 8.42. The summed E-state index contributed by atoms with van der Waals surface area (Å²) in [5.41, 5.74) is 2.10. The molecule has 2 aromatic carbocycles. The van der Waals surface area contributed by atoms with Crippen LogP contribution in [0.1, 0.15) is 52.0 Å². The Morgan fingerprint density at radius 1 is 0.838 bits per heavy atom. The zero-order chi connectivity index (χ0) is 26.2. The van der Waals surface area contributed by atoms with Crippen molar-refractivity contribution in [3.05, 3.63) is 42.0 Å². The quantitative estimate of drug-likeness (QED) is 0.337. The molecule has 200 valence electrons. The van der Waals surface area contributed by atoms with Crippen molar-refractivity contribution < 1.29 is 14.2 Å². The first-order valence-electron chi connectivity index (χ1n) is 13.5. The number of fused-ring (bicyclic) bond motifs is 1. The van der Waals surface area contributed by atoms with Gasteiger partial charge in [-0.05, 0) is 76.3 Å². The first-order valence-corrected chi connectivity index (χ1v) is 13.5. The van der Waals surface area contributed by atoms with Crippen LogP contribution < -0.4 is 29.7 Å². The second-order valence-corrected chi connectivity index (χ2v) is 9.58. The van der Waals surface area contributed by atoms with Gasteiger partial charge in [-0.2, -0.15) is 4.98 Å². The Morgan fingerprint density at radius 3 is 2.08 bits per heavy atom. The monoisotopic (exact) mass is 507 g/mol. The third-order valence-electron chi connectivity index (χ3n) is 6.63. The van der Waals surface area contributed by atoms with E-state index in [1.54, 1.807) is 0 Å². The van der Waals surface area contributed by atoms with Crippen molar-refractivity contribution in [3.8, 4) is 17.2 Å². The highest BCUT2D eigenvalue weighted by molar-refractivity contribution is 5.90. The molecule has 1 fully saturated rings. The molecule has 0 aliphatic heterocycles. The summed E-state index contributed by atoms with van der Waals surface area (Å²) in [4.78, 5) is 11.6. The lowest BCUT2D eigenvalue weighted by Crippen LogP contribution is -2.37. The lowest BCUT2D eigenvalue weighted by Gasteiger charge is -2.30. The molecular formula is C29H41N5O3. The molecule has 4 rings (SSSR count). The number of hydrogen-bond acceptors (Lipinski definition) is 8. The Hall–Kier alpha value is -3.26. The second kappa shape index (κ2) is 12.8. The molecule has 8 nitrogen and oxygen atoms in total. The molecule has 8 heteroatoms. The largest absolute Gasteiger partial charge is 0.490 e. The smallest absolute Gasteiger partial charge is 0.225 e. The molecule has 0 amide bonds. The molecule has 37 heavy (non-hydrogen) atoms. The van der Waals surface area contributed by atoms with Crippen molar-refractivity contribution in [3.63, 3.8) is 0 Å². The summed E-state index contributed by atoms with van der Waals surface area (Å²) < 4.78 is 17.6. The fourth-order valence-electron chi connectivity index (χ4n) is 4.90. The first kappa shape index (κ1) is 26.8. The molecule has 0 spiro atoms. The lowest BCUT2D eigenvalue weighted by atomic mass is 9.91. The molecule has 0 atom stereocenters. The molecule has 2 N–H and O–H groups in total. The molecule has 0 bridgehead atoms. The van der Waals surface area contributed by atoms with Crippen molar-refractivity contribution >= 4 is 22.7 Å². The average Bonchev–Trinajstić information content (AvgIpc) is 2.90. The van der Waals surface area contributed by atoms with Gasteiger partial charge >= 0.3 is 0 Å². The van der Waals surface area contributed by atoms with Gasteiger partial charge < -0.3 is 29.7 Å². The number of benzene rings is 2. The molecular weight excluding hydrogens is 466 g/mol. The fraction of sp³-hybridized carbons (Fsp3) is 0.517. The molecule has 3 aromatic rings. The third kappa shape index (κ3) is 6.74. The summed E-state index contributed by atoms with van der Waals surface area (Å²) in [6, 6.07) is 13.1. The molecule has 0 saturated heterocycles. The van der Waals surface area contributed by atoms with Gasteiger partial charge in [0.25, 0.3) is 0 Å². The molecule has 1 aliphatic rings. The van der Waals surface area contributed by atoms with E-state index < -0.39 is 0 Å². The number of rotatable bonds is 12. The number of anilines is 2. The highest BCUT2D eigenvalue weighted by Crippen LogP contribution is 2.39. The van der Waals surface area contributed by atoms with E-state index in [1.807, 2.05) is 58.0 Å². The summed E-state index contributed by atoms with van der Waals surface area (Å²) in [7, 11) is 4.04. The van der Waals surface area contributed by atoms with Crippen molar-refractivity contribution in [1.82, 2.24) is 15.3 Å². The van der Waals surface area contributed by atoms with Gasteiger partial charge in [0.1, 0.15) is 5.82 Å². The standard InChI is InChI=1S/C29H41N5O3/c1-6-35-25-17-20(18-26(36-7-2)27(25)37-8-3)19-30-21-13-15-22(16-14-21)31-29-32-24-12-10-9-11-23(24)28(33-29)34(4)5/h9-12,17-18,21-22,30H,6-8,13-16,19H2,1-5H3,(H,31,32,33)/t21-,22+. The van der Waals surface area contributed by atoms with Crippen LogP contribution in [0.5, 0.6) is 17.2 Å². The zero-order valence-corrected chi connectivity index (χ0v) is 22.8. The van der Waals surface area contributed by atoms with Crippen LogP contribution in [0.15, 0.2) is 36.4 Å². The topological polar surface area (TPSA) is 80.8 Å². The first-order chi connectivity index (χ1) is 18.0. The molecule has 1 saturated carbocycles. The van der Waals surface area contributed by atoms with Crippen molar-refractivity contribution in [2.75, 3.05) is 44.1 Å². The maximum absolute atomic E-state index is 5.87. The van der Waals surface area contributed by atoms with Gasteiger partial charge in [-0.1, -0.05) is 12.1 Å². The van der Waals surface area contributed by atoms with Crippen LogP contribution >= 0.6 is 0 Å². The Bertz CT molecular complexity index is 1130. The number of nitrogens with zero attached hydrogens (tertiary/aromatic N) is 3. The number of nitrogens with one attached hydrogen (secondary N) is 2. The predicted molar refractivity (Wildman–Crippen MR) is 150 cm³/mol. The Morgan fingerprint density at radius 2 is 1.46 bits per heavy atom. The number of aromatic nitrogens is 2. The van der Waals surface area contributed by atoms with E-state index in [0.717, 1.165) is 66.0 Å². The zero-order valence-electron chi connectivity index (χ0n) is 22.8. The second-order valence-electron chi connectivity index (χ2n) is 9.58. The molecule has 1 aliphatic carbocycles. The minimum atomic E-state index is 0.369. The summed E-state index contributed by atoms with van der Waals surface area (Å²) in [5.74, 6) is 3.83. The van der Waals surface area contributed by atoms with Gasteiger partial charge in [0, 0.05) is 38.1 Å². The summed E-state index contributed by atoms with van der Waals surface area (Å²) in [6.07, 6.45) is 4.34. The highest BCUT2D eigenvalue weighted by Gasteiger charge is 2.23. The fourth-order valence-corrected chi connectivity index (χ4v) is 4.90. The van der Waals surface area contributed by atoms with Gasteiger partial charge in [-0.25, -0.2) is 4.98 Å². The van der Waals surface area contributed by atoms with Crippen LogP contribution in [-0.4, -0.2) is 56.0 Å². The molecule has 0 unspecified atom stereocenters. The van der Waals surface area contributed by atoms with Gasteiger partial charge in [0.15, 0.2) is 11.5 Å². The van der Waals surface area contributed by atoms with Crippen LogP contribution in [0.2, 0.25) is 0 Å². The maximum atomic E-state index is 5.87. The van der Waals surface area contributed by atoms with E-state index in [9.17, 15) is 0 Å². The minimum absolute atomic E-state index is 0.369. The Labute approximate surface area is 220 Å². The van der Waals surface area contributed by atoms with E-state index in [4.69, 9.17) is 24.2 Å². The Balaban J connectivity index is 1.36. The lowest BCUT2D eigenvalue weighted by molar-refractivity contribution is 0.260. The van der Waals surface area contributed by atoms with Crippen LogP contribution in [0.25, 0.3) is 10.9 Å². The minimum Gasteiger partial charge on any atom is -0.490 e. The number of para-hydroxylation sites is 1. The van der Waals surface area contributed by atoms with Gasteiger partial charge in [0.2, 0.25) is 11.7 Å². The number of hydrogen-bond donors (Lipinski definition) is 2. The van der Waals surface area contributed by atoms with E-state index in [1.165, 1.54) is 0 Å².